The minimum Gasteiger partial charge on any atom is -0.333 e. The molecular weight excluding hydrogens is 411 g/mol. The van der Waals surface area contributed by atoms with Crippen LogP contribution in [0.3, 0.4) is 0 Å². The molecule has 1 heterocycles. The lowest BCUT2D eigenvalue weighted by Crippen LogP contribution is -2.31. The van der Waals surface area contributed by atoms with Crippen LogP contribution in [-0.2, 0) is 24.3 Å². The van der Waals surface area contributed by atoms with Gasteiger partial charge in [0.25, 0.3) is 0 Å². The standard InChI is InChI=1S/C25H25FN2O2S/c1-3-19-6-8-20(9-7-19)15-28(16-21-5-4-12-27-14-21)25(30)17-31-24-11-10-22(18(2)29)13-23(24)26/h4-14H,3,15-17H2,1-2H3. The molecule has 0 spiro atoms. The largest absolute Gasteiger partial charge is 0.333 e. The van der Waals surface area contributed by atoms with Gasteiger partial charge in [0, 0.05) is 35.9 Å². The fourth-order valence-electron chi connectivity index (χ4n) is 3.11. The number of benzene rings is 2. The smallest absolute Gasteiger partial charge is 0.233 e. The van der Waals surface area contributed by atoms with E-state index in [4.69, 9.17) is 0 Å². The van der Waals surface area contributed by atoms with Crippen molar-refractivity contribution in [1.82, 2.24) is 9.88 Å². The highest BCUT2D eigenvalue weighted by atomic mass is 32.2. The van der Waals surface area contributed by atoms with Gasteiger partial charge in [-0.25, -0.2) is 4.39 Å². The molecule has 0 radical (unpaired) electrons. The van der Waals surface area contributed by atoms with Crippen LogP contribution in [0.1, 0.15) is 40.9 Å². The quantitative estimate of drug-likeness (QED) is 0.337. The first-order valence-electron chi connectivity index (χ1n) is 10.1. The Bertz CT molecular complexity index is 1040. The molecule has 0 unspecified atom stereocenters. The molecule has 0 fully saturated rings. The van der Waals surface area contributed by atoms with Gasteiger partial charge < -0.3 is 4.90 Å². The number of thioether (sulfide) groups is 1. The highest BCUT2D eigenvalue weighted by Gasteiger charge is 2.17. The van der Waals surface area contributed by atoms with Crippen LogP contribution >= 0.6 is 11.8 Å². The molecule has 0 N–H and O–H groups in total. The van der Waals surface area contributed by atoms with Gasteiger partial charge in [0.05, 0.1) is 5.75 Å². The van der Waals surface area contributed by atoms with E-state index in [0.29, 0.717) is 23.5 Å². The number of halogens is 1. The van der Waals surface area contributed by atoms with E-state index < -0.39 is 5.82 Å². The van der Waals surface area contributed by atoms with Crippen molar-refractivity contribution in [1.29, 1.82) is 0 Å². The molecule has 0 saturated carbocycles. The molecule has 3 rings (SSSR count). The van der Waals surface area contributed by atoms with Gasteiger partial charge in [-0.15, -0.1) is 11.8 Å². The molecule has 6 heteroatoms. The van der Waals surface area contributed by atoms with E-state index in [1.165, 1.54) is 18.6 Å². The second-order valence-electron chi connectivity index (χ2n) is 7.27. The van der Waals surface area contributed by atoms with Gasteiger partial charge in [-0.1, -0.05) is 43.3 Å². The van der Waals surface area contributed by atoms with Gasteiger partial charge in [0.1, 0.15) is 5.82 Å². The number of aromatic nitrogens is 1. The molecule has 0 bridgehead atoms. The van der Waals surface area contributed by atoms with Crippen LogP contribution in [0.2, 0.25) is 0 Å². The maximum absolute atomic E-state index is 14.3. The lowest BCUT2D eigenvalue weighted by atomic mass is 10.1. The number of hydrogen-bond donors (Lipinski definition) is 0. The molecule has 3 aromatic rings. The molecule has 2 aromatic carbocycles. The van der Waals surface area contributed by atoms with E-state index in [1.807, 2.05) is 24.3 Å². The average molecular weight is 437 g/mol. The van der Waals surface area contributed by atoms with Crippen LogP contribution in [0.5, 0.6) is 0 Å². The van der Waals surface area contributed by atoms with E-state index in [1.54, 1.807) is 29.4 Å². The first-order chi connectivity index (χ1) is 15.0. The summed E-state index contributed by atoms with van der Waals surface area (Å²) in [7, 11) is 0. The van der Waals surface area contributed by atoms with Gasteiger partial charge in [-0.05, 0) is 48.2 Å². The first-order valence-corrected chi connectivity index (χ1v) is 11.1. The number of ketones is 1. The summed E-state index contributed by atoms with van der Waals surface area (Å²) in [5.74, 6) is -0.671. The van der Waals surface area contributed by atoms with Gasteiger partial charge >= 0.3 is 0 Å². The van der Waals surface area contributed by atoms with Crippen LogP contribution in [0.25, 0.3) is 0 Å². The predicted octanol–water partition coefficient (Wildman–Crippen LogP) is 5.31. The molecule has 0 aliphatic heterocycles. The zero-order chi connectivity index (χ0) is 22.2. The lowest BCUT2D eigenvalue weighted by Gasteiger charge is -2.23. The summed E-state index contributed by atoms with van der Waals surface area (Å²) in [6.45, 7) is 4.39. The van der Waals surface area contributed by atoms with E-state index in [2.05, 4.69) is 24.0 Å². The Hall–Kier alpha value is -2.99. The maximum Gasteiger partial charge on any atom is 0.233 e. The van der Waals surface area contributed by atoms with Gasteiger partial charge in [0.15, 0.2) is 5.78 Å². The summed E-state index contributed by atoms with van der Waals surface area (Å²) >= 11 is 1.14. The minimum atomic E-state index is -0.487. The van der Waals surface area contributed by atoms with Crippen LogP contribution in [0, 0.1) is 5.82 Å². The molecule has 0 aliphatic rings. The van der Waals surface area contributed by atoms with Crippen LogP contribution in [0.4, 0.5) is 4.39 Å². The van der Waals surface area contributed by atoms with Crippen molar-refractivity contribution in [2.24, 2.45) is 0 Å². The van der Waals surface area contributed by atoms with Crippen molar-refractivity contribution in [2.75, 3.05) is 5.75 Å². The third-order valence-electron chi connectivity index (χ3n) is 4.94. The van der Waals surface area contributed by atoms with Crippen molar-refractivity contribution in [3.05, 3.63) is 95.1 Å². The highest BCUT2D eigenvalue weighted by molar-refractivity contribution is 8.00. The number of carbonyl (C=O) groups excluding carboxylic acids is 2. The van der Waals surface area contributed by atoms with Crippen molar-refractivity contribution in [3.8, 4) is 0 Å². The Kier molecular flexibility index (Phi) is 7.95. The molecule has 1 amide bonds. The van der Waals surface area contributed by atoms with Crippen molar-refractivity contribution < 1.29 is 14.0 Å². The number of carbonyl (C=O) groups is 2. The SMILES string of the molecule is CCc1ccc(CN(Cc2cccnc2)C(=O)CSc2ccc(C(C)=O)cc2F)cc1. The van der Waals surface area contributed by atoms with Gasteiger partial charge in [-0.3, -0.25) is 14.6 Å². The van der Waals surface area contributed by atoms with Crippen molar-refractivity contribution in [3.63, 3.8) is 0 Å². The van der Waals surface area contributed by atoms with Crippen LogP contribution in [-0.4, -0.2) is 27.3 Å². The Morgan fingerprint density at radius 1 is 1.00 bits per heavy atom. The number of nitrogens with zero attached hydrogens (tertiary/aromatic N) is 2. The molecular formula is C25H25FN2O2S. The number of amides is 1. The number of aryl methyl sites for hydroxylation is 1. The molecule has 4 nitrogen and oxygen atoms in total. The molecule has 160 valence electrons. The summed E-state index contributed by atoms with van der Waals surface area (Å²) in [6.07, 6.45) is 4.40. The first kappa shape index (κ1) is 22.7. The third kappa shape index (κ3) is 6.49. The monoisotopic (exact) mass is 436 g/mol. The summed E-state index contributed by atoms with van der Waals surface area (Å²) < 4.78 is 14.3. The maximum atomic E-state index is 14.3. The van der Waals surface area contributed by atoms with Crippen LogP contribution in [0.15, 0.2) is 71.9 Å². The lowest BCUT2D eigenvalue weighted by molar-refractivity contribution is -0.129. The zero-order valence-electron chi connectivity index (χ0n) is 17.7. The summed E-state index contributed by atoms with van der Waals surface area (Å²) in [5, 5.41) is 0. The number of hydrogen-bond acceptors (Lipinski definition) is 4. The topological polar surface area (TPSA) is 50.3 Å². The van der Waals surface area contributed by atoms with Crippen molar-refractivity contribution in [2.45, 2.75) is 38.3 Å². The number of Topliss-reactive ketones (excluding diaryl/α,β-unsaturated/α-hetero) is 1. The Labute approximate surface area is 186 Å². The molecule has 0 atom stereocenters. The second-order valence-corrected chi connectivity index (χ2v) is 8.29. The highest BCUT2D eigenvalue weighted by Crippen LogP contribution is 2.24. The van der Waals surface area contributed by atoms with Crippen LogP contribution < -0.4 is 0 Å². The number of pyridine rings is 1. The van der Waals surface area contributed by atoms with E-state index in [0.717, 1.165) is 29.3 Å². The fourth-order valence-corrected chi connectivity index (χ4v) is 3.94. The molecule has 0 saturated heterocycles. The summed E-state index contributed by atoms with van der Waals surface area (Å²) in [6, 6.07) is 16.4. The van der Waals surface area contributed by atoms with E-state index in [-0.39, 0.29) is 17.4 Å². The van der Waals surface area contributed by atoms with Gasteiger partial charge in [-0.2, -0.15) is 0 Å². The molecule has 0 aliphatic carbocycles. The van der Waals surface area contributed by atoms with Crippen molar-refractivity contribution >= 4 is 23.5 Å². The Balaban J connectivity index is 1.72. The fraction of sp³-hybridized carbons (Fsp3) is 0.240. The average Bonchev–Trinajstić information content (AvgIpc) is 2.78. The summed E-state index contributed by atoms with van der Waals surface area (Å²) in [5.41, 5.74) is 3.54. The van der Waals surface area contributed by atoms with E-state index in [9.17, 15) is 14.0 Å². The third-order valence-corrected chi connectivity index (χ3v) is 5.98. The molecule has 1 aromatic heterocycles. The van der Waals surface area contributed by atoms with E-state index >= 15 is 0 Å². The summed E-state index contributed by atoms with van der Waals surface area (Å²) in [4.78, 5) is 30.7. The van der Waals surface area contributed by atoms with Gasteiger partial charge in [0.2, 0.25) is 5.91 Å². The minimum absolute atomic E-state index is 0.0940. The Morgan fingerprint density at radius 2 is 1.71 bits per heavy atom. The zero-order valence-corrected chi connectivity index (χ0v) is 18.5. The Morgan fingerprint density at radius 3 is 2.32 bits per heavy atom. The molecule has 31 heavy (non-hydrogen) atoms. The number of rotatable bonds is 9. The second kappa shape index (κ2) is 10.9. The predicted molar refractivity (Wildman–Crippen MR) is 121 cm³/mol. The normalized spacial score (nSPS) is 10.7.